The Morgan fingerprint density at radius 1 is 1.50 bits per heavy atom. The van der Waals surface area contributed by atoms with Gasteiger partial charge in [0.15, 0.2) is 0 Å². The quantitative estimate of drug-likeness (QED) is 0.255. The zero-order chi connectivity index (χ0) is 19.2. The third kappa shape index (κ3) is 5.56. The van der Waals surface area contributed by atoms with Gasteiger partial charge in [-0.1, -0.05) is 38.8 Å². The molecule has 6 heteroatoms. The molecule has 5 atom stereocenters. The van der Waals surface area contributed by atoms with Crippen molar-refractivity contribution in [1.82, 2.24) is 5.48 Å². The lowest BCUT2D eigenvalue weighted by atomic mass is 9.86. The van der Waals surface area contributed by atoms with Crippen molar-refractivity contribution in [3.63, 3.8) is 0 Å². The van der Waals surface area contributed by atoms with Crippen LogP contribution < -0.4 is 5.48 Å². The van der Waals surface area contributed by atoms with E-state index in [0.29, 0.717) is 12.3 Å². The Hall–Kier alpha value is -1.37. The summed E-state index contributed by atoms with van der Waals surface area (Å²) >= 11 is 0. The van der Waals surface area contributed by atoms with E-state index in [1.165, 1.54) is 0 Å². The number of aliphatic carboxylic acids is 1. The number of fused-ring (bicyclic) bond motifs is 1. The molecule has 0 spiro atoms. The van der Waals surface area contributed by atoms with Crippen LogP contribution in [0, 0.1) is 17.8 Å². The standard InChI is InChI=1S/C20H33NO5/c1-3-4-14(2)11-18(22)8-7-15-5-6-16-12-17(13-20(15,16)25)21-26-10-9-19(23)24/h7-8,13-16,18,21-22,25H,3-6,9-12H2,1-2H3,(H,23,24)/t14?,15-,16+,18?,20+/m0/s1. The number of hydrogen-bond donors (Lipinski definition) is 4. The lowest BCUT2D eigenvalue weighted by Crippen LogP contribution is -2.33. The molecule has 0 bridgehead atoms. The maximum absolute atomic E-state index is 11.1. The molecule has 0 saturated heterocycles. The van der Waals surface area contributed by atoms with Crippen LogP contribution in [0.25, 0.3) is 0 Å². The van der Waals surface area contributed by atoms with Gasteiger partial charge < -0.3 is 15.3 Å². The fraction of sp³-hybridized carbons (Fsp3) is 0.750. The van der Waals surface area contributed by atoms with E-state index < -0.39 is 17.7 Å². The number of carbonyl (C=O) groups is 1. The second-order valence-electron chi connectivity index (χ2n) is 7.82. The van der Waals surface area contributed by atoms with Crippen molar-refractivity contribution in [3.8, 4) is 0 Å². The normalized spacial score (nSPS) is 30.2. The number of carboxylic acids is 1. The summed E-state index contributed by atoms with van der Waals surface area (Å²) in [6, 6.07) is 0. The molecular formula is C20H33NO5. The topological polar surface area (TPSA) is 99.0 Å². The summed E-state index contributed by atoms with van der Waals surface area (Å²) in [5, 5.41) is 29.9. The fourth-order valence-electron chi connectivity index (χ4n) is 4.21. The zero-order valence-corrected chi connectivity index (χ0v) is 15.9. The molecule has 0 radical (unpaired) electrons. The highest BCUT2D eigenvalue weighted by atomic mass is 16.6. The minimum atomic E-state index is -0.913. The number of carboxylic acid groups (broad SMARTS) is 1. The Balaban J connectivity index is 1.87. The minimum absolute atomic E-state index is 0.0121. The molecule has 1 fully saturated rings. The molecule has 4 N–H and O–H groups in total. The average Bonchev–Trinajstić information content (AvgIpc) is 3.02. The van der Waals surface area contributed by atoms with Crippen molar-refractivity contribution in [2.45, 2.75) is 70.5 Å². The van der Waals surface area contributed by atoms with Crippen LogP contribution in [0.5, 0.6) is 0 Å². The molecule has 0 aromatic carbocycles. The third-order valence-corrected chi connectivity index (χ3v) is 5.56. The first-order valence-corrected chi connectivity index (χ1v) is 9.75. The molecule has 0 aliphatic heterocycles. The molecule has 2 rings (SSSR count). The molecule has 2 aliphatic carbocycles. The van der Waals surface area contributed by atoms with Gasteiger partial charge in [0.1, 0.15) is 0 Å². The number of aliphatic hydroxyl groups excluding tert-OH is 1. The van der Waals surface area contributed by atoms with E-state index in [9.17, 15) is 15.0 Å². The number of hydroxylamine groups is 1. The van der Waals surface area contributed by atoms with Gasteiger partial charge in [-0.25, -0.2) is 0 Å². The minimum Gasteiger partial charge on any atom is -0.481 e. The number of aliphatic hydroxyl groups is 2. The smallest absolute Gasteiger partial charge is 0.305 e. The molecule has 148 valence electrons. The maximum Gasteiger partial charge on any atom is 0.305 e. The fourth-order valence-corrected chi connectivity index (χ4v) is 4.21. The van der Waals surface area contributed by atoms with E-state index >= 15 is 0 Å². The van der Waals surface area contributed by atoms with Crippen LogP contribution in [0.1, 0.15) is 58.8 Å². The third-order valence-electron chi connectivity index (χ3n) is 5.56. The monoisotopic (exact) mass is 367 g/mol. The van der Waals surface area contributed by atoms with E-state index in [-0.39, 0.29) is 24.9 Å². The van der Waals surface area contributed by atoms with Gasteiger partial charge in [0.25, 0.3) is 0 Å². The summed E-state index contributed by atoms with van der Waals surface area (Å²) in [7, 11) is 0. The predicted octanol–water partition coefficient (Wildman–Crippen LogP) is 2.77. The summed E-state index contributed by atoms with van der Waals surface area (Å²) in [4.78, 5) is 15.7. The van der Waals surface area contributed by atoms with Gasteiger partial charge >= 0.3 is 5.97 Å². The summed E-state index contributed by atoms with van der Waals surface area (Å²) in [6.45, 7) is 4.39. The molecule has 0 amide bonds. The van der Waals surface area contributed by atoms with E-state index in [4.69, 9.17) is 9.94 Å². The Kier molecular flexibility index (Phi) is 7.68. The Bertz CT molecular complexity index is 532. The van der Waals surface area contributed by atoms with E-state index in [0.717, 1.165) is 37.8 Å². The van der Waals surface area contributed by atoms with Crippen LogP contribution >= 0.6 is 0 Å². The van der Waals surface area contributed by atoms with E-state index in [1.807, 2.05) is 18.2 Å². The molecule has 0 aromatic rings. The molecule has 1 saturated carbocycles. The van der Waals surface area contributed by atoms with Crippen LogP contribution in [0.2, 0.25) is 0 Å². The number of allylic oxidation sites excluding steroid dienone is 1. The molecule has 0 heterocycles. The summed E-state index contributed by atoms with van der Waals surface area (Å²) in [5.41, 5.74) is 2.67. The molecule has 2 unspecified atom stereocenters. The number of hydrogen-bond acceptors (Lipinski definition) is 5. The highest BCUT2D eigenvalue weighted by Crippen LogP contribution is 2.49. The first-order valence-electron chi connectivity index (χ1n) is 9.75. The van der Waals surface area contributed by atoms with Gasteiger partial charge in [0.05, 0.1) is 24.7 Å². The summed E-state index contributed by atoms with van der Waals surface area (Å²) < 4.78 is 0. The van der Waals surface area contributed by atoms with Crippen LogP contribution in [-0.2, 0) is 9.63 Å². The molecule has 2 aliphatic rings. The van der Waals surface area contributed by atoms with Crippen molar-refractivity contribution in [1.29, 1.82) is 0 Å². The predicted molar refractivity (Wildman–Crippen MR) is 99.0 cm³/mol. The number of nitrogens with one attached hydrogen (secondary N) is 1. The summed E-state index contributed by atoms with van der Waals surface area (Å²) in [5.74, 6) is -0.287. The lowest BCUT2D eigenvalue weighted by molar-refractivity contribution is -0.138. The van der Waals surface area contributed by atoms with E-state index in [2.05, 4.69) is 19.3 Å². The van der Waals surface area contributed by atoms with Crippen LogP contribution in [-0.4, -0.2) is 39.6 Å². The van der Waals surface area contributed by atoms with Crippen LogP contribution in [0.4, 0.5) is 0 Å². The van der Waals surface area contributed by atoms with Gasteiger partial charge in [0.2, 0.25) is 0 Å². The molecule has 6 nitrogen and oxygen atoms in total. The first-order chi connectivity index (χ1) is 12.3. The van der Waals surface area contributed by atoms with Gasteiger partial charge in [-0.3, -0.25) is 15.1 Å². The Labute approximate surface area is 155 Å². The van der Waals surface area contributed by atoms with Gasteiger partial charge in [-0.15, -0.1) is 0 Å². The van der Waals surface area contributed by atoms with Gasteiger partial charge in [0, 0.05) is 11.6 Å². The second-order valence-corrected chi connectivity index (χ2v) is 7.82. The first kappa shape index (κ1) is 20.9. The maximum atomic E-state index is 11.1. The Morgan fingerprint density at radius 3 is 2.96 bits per heavy atom. The van der Waals surface area contributed by atoms with Crippen molar-refractivity contribution in [2.24, 2.45) is 17.8 Å². The number of rotatable bonds is 11. The van der Waals surface area contributed by atoms with Crippen molar-refractivity contribution in [2.75, 3.05) is 6.61 Å². The van der Waals surface area contributed by atoms with Gasteiger partial charge in [-0.2, -0.15) is 0 Å². The Morgan fingerprint density at radius 2 is 2.27 bits per heavy atom. The van der Waals surface area contributed by atoms with Crippen molar-refractivity contribution in [3.05, 3.63) is 23.9 Å². The molecular weight excluding hydrogens is 334 g/mol. The SMILES string of the molecule is CCCC(C)CC(O)C=C[C@@H]1CC[C@@H]2CC(NOCCC(=O)O)=C[C@]21O. The van der Waals surface area contributed by atoms with Crippen molar-refractivity contribution < 1.29 is 25.0 Å². The summed E-state index contributed by atoms with van der Waals surface area (Å²) in [6.07, 6.45) is 10.6. The lowest BCUT2D eigenvalue weighted by Gasteiger charge is -2.26. The van der Waals surface area contributed by atoms with Crippen molar-refractivity contribution >= 4 is 5.97 Å². The van der Waals surface area contributed by atoms with Crippen LogP contribution in [0.15, 0.2) is 23.9 Å². The van der Waals surface area contributed by atoms with Crippen LogP contribution in [0.3, 0.4) is 0 Å². The zero-order valence-electron chi connectivity index (χ0n) is 15.9. The van der Waals surface area contributed by atoms with E-state index in [1.54, 1.807) is 0 Å². The largest absolute Gasteiger partial charge is 0.481 e. The highest BCUT2D eigenvalue weighted by molar-refractivity contribution is 5.66. The second kappa shape index (κ2) is 9.53. The molecule has 0 aromatic heterocycles. The molecule has 26 heavy (non-hydrogen) atoms. The highest BCUT2D eigenvalue weighted by Gasteiger charge is 2.50. The van der Waals surface area contributed by atoms with Gasteiger partial charge in [-0.05, 0) is 43.6 Å². The average molecular weight is 367 g/mol.